The molecule has 2 amide bonds. The van der Waals surface area contributed by atoms with Crippen LogP contribution in [0.15, 0.2) is 76.2 Å². The molecule has 0 radical (unpaired) electrons. The molecule has 1 aliphatic rings. The second-order valence-corrected chi connectivity index (χ2v) is 11.7. The van der Waals surface area contributed by atoms with E-state index in [2.05, 4.69) is 20.5 Å². The molecule has 2 heterocycles. The first-order valence-electron chi connectivity index (χ1n) is 11.6. The Labute approximate surface area is 247 Å². The maximum atomic E-state index is 13.2. The summed E-state index contributed by atoms with van der Waals surface area (Å²) in [7, 11) is 0. The molecule has 1 saturated heterocycles. The van der Waals surface area contributed by atoms with Crippen molar-refractivity contribution >= 4 is 90.6 Å². The van der Waals surface area contributed by atoms with Crippen molar-refractivity contribution in [1.29, 1.82) is 0 Å². The molecule has 0 saturated carbocycles. The van der Waals surface area contributed by atoms with Gasteiger partial charge < -0.3 is 9.30 Å². The smallest absolute Gasteiger partial charge is 0.293 e. The highest BCUT2D eigenvalue weighted by molar-refractivity contribution is 9.10. The SMILES string of the molecule is O=C1S/C(=C\c2cn(CCCOc3ccccc3Cl)c3ccc(Br)cc23)C(=O)N1Cc1ccc(Cl)c(Cl)c1. The normalized spacial score (nSPS) is 14.7. The van der Waals surface area contributed by atoms with Gasteiger partial charge in [0.2, 0.25) is 0 Å². The first-order chi connectivity index (χ1) is 18.3. The highest BCUT2D eigenvalue weighted by Crippen LogP contribution is 2.36. The van der Waals surface area contributed by atoms with Crippen molar-refractivity contribution in [2.24, 2.45) is 0 Å². The number of amides is 2. The van der Waals surface area contributed by atoms with Gasteiger partial charge in [-0.1, -0.05) is 68.9 Å². The fourth-order valence-corrected chi connectivity index (χ4v) is 5.88. The van der Waals surface area contributed by atoms with Crippen molar-refractivity contribution in [2.45, 2.75) is 19.5 Å². The molecule has 0 unspecified atom stereocenters. The Hall–Kier alpha value is -2.42. The third kappa shape index (κ3) is 5.92. The van der Waals surface area contributed by atoms with Gasteiger partial charge in [-0.2, -0.15) is 0 Å². The number of imide groups is 1. The molecule has 0 spiro atoms. The summed E-state index contributed by atoms with van der Waals surface area (Å²) in [4.78, 5) is 27.5. The fraction of sp³-hybridized carbons (Fsp3) is 0.143. The molecule has 1 aromatic heterocycles. The lowest BCUT2D eigenvalue weighted by Gasteiger charge is -2.12. The van der Waals surface area contributed by atoms with Gasteiger partial charge in [0.25, 0.3) is 11.1 Å². The summed E-state index contributed by atoms with van der Waals surface area (Å²) in [5.74, 6) is 0.322. The predicted octanol–water partition coefficient (Wildman–Crippen LogP) is 9.07. The molecule has 0 N–H and O–H groups in total. The van der Waals surface area contributed by atoms with E-state index in [1.165, 1.54) is 4.90 Å². The number of hydrogen-bond donors (Lipinski definition) is 0. The third-order valence-electron chi connectivity index (χ3n) is 6.00. The highest BCUT2D eigenvalue weighted by atomic mass is 79.9. The average molecular weight is 651 g/mol. The lowest BCUT2D eigenvalue weighted by molar-refractivity contribution is -0.123. The van der Waals surface area contributed by atoms with Gasteiger partial charge in [-0.3, -0.25) is 14.5 Å². The van der Waals surface area contributed by atoms with E-state index in [4.69, 9.17) is 39.5 Å². The van der Waals surface area contributed by atoms with Gasteiger partial charge in [0.1, 0.15) is 5.75 Å². The predicted molar refractivity (Wildman–Crippen MR) is 159 cm³/mol. The monoisotopic (exact) mass is 648 g/mol. The van der Waals surface area contributed by atoms with E-state index in [-0.39, 0.29) is 17.7 Å². The molecule has 0 aliphatic carbocycles. The number of ether oxygens (including phenoxy) is 1. The van der Waals surface area contributed by atoms with Gasteiger partial charge in [-0.25, -0.2) is 0 Å². The average Bonchev–Trinajstić information content (AvgIpc) is 3.36. The molecule has 4 aromatic rings. The Balaban J connectivity index is 1.35. The van der Waals surface area contributed by atoms with Crippen molar-refractivity contribution in [3.63, 3.8) is 0 Å². The molecular formula is C28H20BrCl3N2O3S. The summed E-state index contributed by atoms with van der Waals surface area (Å²) in [5, 5.41) is 2.03. The minimum atomic E-state index is -0.338. The minimum Gasteiger partial charge on any atom is -0.492 e. The maximum absolute atomic E-state index is 13.2. The van der Waals surface area contributed by atoms with Crippen molar-refractivity contribution in [3.8, 4) is 5.75 Å². The third-order valence-corrected chi connectivity index (χ3v) is 8.45. The van der Waals surface area contributed by atoms with Crippen LogP contribution in [-0.4, -0.2) is 27.2 Å². The number of carbonyl (C=O) groups excluding carboxylic acids is 2. The number of carbonyl (C=O) groups is 2. The zero-order valence-electron chi connectivity index (χ0n) is 19.8. The number of halogens is 4. The van der Waals surface area contributed by atoms with E-state index in [1.807, 2.05) is 42.6 Å². The van der Waals surface area contributed by atoms with E-state index in [0.717, 1.165) is 44.7 Å². The van der Waals surface area contributed by atoms with Crippen LogP contribution < -0.4 is 4.74 Å². The van der Waals surface area contributed by atoms with Crippen LogP contribution in [0.3, 0.4) is 0 Å². The van der Waals surface area contributed by atoms with Crippen LogP contribution in [0.4, 0.5) is 4.79 Å². The Morgan fingerprint density at radius 1 is 0.947 bits per heavy atom. The number of benzene rings is 3. The number of aryl methyl sites for hydroxylation is 1. The summed E-state index contributed by atoms with van der Waals surface area (Å²) in [6.07, 6.45) is 4.54. The maximum Gasteiger partial charge on any atom is 0.293 e. The molecule has 10 heteroatoms. The van der Waals surface area contributed by atoms with Gasteiger partial charge in [0.15, 0.2) is 0 Å². The summed E-state index contributed by atoms with van der Waals surface area (Å²) in [6.45, 7) is 1.33. The summed E-state index contributed by atoms with van der Waals surface area (Å²) >= 11 is 22.8. The zero-order valence-corrected chi connectivity index (χ0v) is 24.5. The molecule has 5 rings (SSSR count). The number of nitrogens with zero attached hydrogens (tertiary/aromatic N) is 2. The topological polar surface area (TPSA) is 51.5 Å². The molecule has 38 heavy (non-hydrogen) atoms. The van der Waals surface area contributed by atoms with Crippen LogP contribution in [0.1, 0.15) is 17.5 Å². The van der Waals surface area contributed by atoms with Crippen LogP contribution in [0.25, 0.3) is 17.0 Å². The second-order valence-electron chi connectivity index (χ2n) is 8.59. The molecule has 0 bridgehead atoms. The van der Waals surface area contributed by atoms with Gasteiger partial charge in [0.05, 0.1) is 33.1 Å². The van der Waals surface area contributed by atoms with Crippen molar-refractivity contribution in [3.05, 3.63) is 102 Å². The van der Waals surface area contributed by atoms with Gasteiger partial charge >= 0.3 is 0 Å². The van der Waals surface area contributed by atoms with E-state index >= 15 is 0 Å². The summed E-state index contributed by atoms with van der Waals surface area (Å²) < 4.78 is 8.88. The fourth-order valence-electron chi connectivity index (χ4n) is 4.17. The largest absolute Gasteiger partial charge is 0.492 e. The second kappa shape index (κ2) is 11.8. The zero-order chi connectivity index (χ0) is 26.8. The van der Waals surface area contributed by atoms with Crippen LogP contribution in [0.5, 0.6) is 5.75 Å². The molecule has 0 atom stereocenters. The summed E-state index contributed by atoms with van der Waals surface area (Å²) in [6, 6.07) is 18.5. The minimum absolute atomic E-state index is 0.123. The van der Waals surface area contributed by atoms with E-state index in [1.54, 1.807) is 30.3 Å². The van der Waals surface area contributed by atoms with Crippen LogP contribution in [-0.2, 0) is 17.9 Å². The van der Waals surface area contributed by atoms with Gasteiger partial charge in [0, 0.05) is 33.7 Å². The van der Waals surface area contributed by atoms with Crippen molar-refractivity contribution in [2.75, 3.05) is 6.61 Å². The first kappa shape index (κ1) is 27.2. The molecule has 1 aliphatic heterocycles. The van der Waals surface area contributed by atoms with Crippen molar-refractivity contribution in [1.82, 2.24) is 9.47 Å². The molecule has 3 aromatic carbocycles. The number of thioether (sulfide) groups is 1. The number of para-hydroxylation sites is 1. The highest BCUT2D eigenvalue weighted by Gasteiger charge is 2.35. The van der Waals surface area contributed by atoms with Gasteiger partial charge in [-0.05, 0) is 72.3 Å². The lowest BCUT2D eigenvalue weighted by atomic mass is 10.1. The standard InChI is InChI=1S/C28H20BrCl3N2O3S/c29-19-7-9-24-20(14-19)18(16-33(24)10-3-11-37-25-5-2-1-4-22(25)31)13-26-27(35)34(28(36)38-26)15-17-6-8-21(30)23(32)12-17/h1-2,4-9,12-14,16H,3,10-11,15H2/b26-13-. The van der Waals surface area contributed by atoms with E-state index in [0.29, 0.717) is 38.9 Å². The van der Waals surface area contributed by atoms with Crippen LogP contribution in [0.2, 0.25) is 15.1 Å². The Kier molecular flexibility index (Phi) is 8.41. The molecule has 5 nitrogen and oxygen atoms in total. The Bertz CT molecular complexity index is 1590. The van der Waals surface area contributed by atoms with E-state index < -0.39 is 0 Å². The number of hydrogen-bond acceptors (Lipinski definition) is 4. The lowest BCUT2D eigenvalue weighted by Crippen LogP contribution is -2.27. The van der Waals surface area contributed by atoms with Gasteiger partial charge in [-0.15, -0.1) is 0 Å². The van der Waals surface area contributed by atoms with Crippen LogP contribution >= 0.6 is 62.5 Å². The van der Waals surface area contributed by atoms with Crippen molar-refractivity contribution < 1.29 is 14.3 Å². The first-order valence-corrected chi connectivity index (χ1v) is 14.4. The number of fused-ring (bicyclic) bond motifs is 1. The van der Waals surface area contributed by atoms with Crippen LogP contribution in [0, 0.1) is 0 Å². The Morgan fingerprint density at radius 2 is 1.76 bits per heavy atom. The summed E-state index contributed by atoms with van der Waals surface area (Å²) in [5.41, 5.74) is 2.60. The Morgan fingerprint density at radius 3 is 2.55 bits per heavy atom. The van der Waals surface area contributed by atoms with E-state index in [9.17, 15) is 9.59 Å². The molecule has 1 fully saturated rings. The number of rotatable bonds is 8. The molecule has 194 valence electrons. The molecular weight excluding hydrogens is 631 g/mol. The number of aromatic nitrogens is 1. The quantitative estimate of drug-likeness (QED) is 0.141.